The maximum Gasteiger partial charge on any atom is 0.258 e. The van der Waals surface area contributed by atoms with Gasteiger partial charge in [-0.15, -0.1) is 0 Å². The van der Waals surface area contributed by atoms with Gasteiger partial charge in [0, 0.05) is 12.1 Å². The number of benzene rings is 1. The zero-order chi connectivity index (χ0) is 13.3. The van der Waals surface area contributed by atoms with Crippen LogP contribution in [0.25, 0.3) is 0 Å². The zero-order valence-electron chi connectivity index (χ0n) is 8.75. The summed E-state index contributed by atoms with van der Waals surface area (Å²) in [4.78, 5) is 3.31. The van der Waals surface area contributed by atoms with Crippen molar-refractivity contribution < 1.29 is 22.3 Å². The molecule has 0 bridgehead atoms. The molecule has 0 unspecified atom stereocenters. The first-order valence-corrected chi connectivity index (χ1v) is 4.72. The molecule has 0 aliphatic heterocycles. The summed E-state index contributed by atoms with van der Waals surface area (Å²) < 4.78 is 56.4. The van der Waals surface area contributed by atoms with E-state index >= 15 is 0 Å². The van der Waals surface area contributed by atoms with E-state index < -0.39 is 35.0 Å². The Kier molecular flexibility index (Phi) is 3.05. The van der Waals surface area contributed by atoms with Gasteiger partial charge in [-0.1, -0.05) is 0 Å². The highest BCUT2D eigenvalue weighted by Crippen LogP contribution is 2.25. The van der Waals surface area contributed by atoms with E-state index in [-0.39, 0.29) is 5.75 Å². The van der Waals surface area contributed by atoms with Crippen LogP contribution in [-0.2, 0) is 0 Å². The third kappa shape index (κ3) is 2.34. The molecular weight excluding hydrogens is 252 g/mol. The molecule has 0 amide bonds. The van der Waals surface area contributed by atoms with Crippen LogP contribution in [-0.4, -0.2) is 4.98 Å². The molecule has 2 aromatic rings. The number of nitrogens with two attached hydrogens (primary N) is 1. The van der Waals surface area contributed by atoms with Crippen molar-refractivity contribution in [1.82, 2.24) is 4.98 Å². The van der Waals surface area contributed by atoms with Gasteiger partial charge >= 0.3 is 0 Å². The molecule has 0 atom stereocenters. The van der Waals surface area contributed by atoms with Gasteiger partial charge in [-0.05, 0) is 12.1 Å². The number of hydrogen-bond acceptors (Lipinski definition) is 3. The second-order valence-corrected chi connectivity index (χ2v) is 3.32. The molecule has 18 heavy (non-hydrogen) atoms. The van der Waals surface area contributed by atoms with E-state index in [2.05, 4.69) is 4.98 Å². The first-order chi connectivity index (χ1) is 8.47. The summed E-state index contributed by atoms with van der Waals surface area (Å²) in [6.45, 7) is 0. The van der Waals surface area contributed by atoms with Gasteiger partial charge in [0.25, 0.3) is 5.88 Å². The van der Waals surface area contributed by atoms with E-state index in [9.17, 15) is 17.6 Å². The van der Waals surface area contributed by atoms with Crippen LogP contribution in [0, 0.1) is 23.3 Å². The van der Waals surface area contributed by atoms with Crippen molar-refractivity contribution in [3.8, 4) is 11.6 Å². The van der Waals surface area contributed by atoms with Gasteiger partial charge in [-0.25, -0.2) is 17.6 Å². The fourth-order valence-electron chi connectivity index (χ4n) is 1.19. The van der Waals surface area contributed by atoms with E-state index in [4.69, 9.17) is 10.5 Å². The van der Waals surface area contributed by atoms with E-state index in [0.717, 1.165) is 12.1 Å². The molecule has 0 saturated carbocycles. The van der Waals surface area contributed by atoms with E-state index in [1.54, 1.807) is 0 Å². The Labute approximate surface area is 98.8 Å². The highest BCUT2D eigenvalue weighted by atomic mass is 19.2. The quantitative estimate of drug-likeness (QED) is 0.842. The lowest BCUT2D eigenvalue weighted by atomic mass is 10.3. The van der Waals surface area contributed by atoms with Crippen molar-refractivity contribution in [2.24, 2.45) is 0 Å². The smallest absolute Gasteiger partial charge is 0.258 e. The average Bonchev–Trinajstić information content (AvgIpc) is 2.31. The monoisotopic (exact) mass is 258 g/mol. The first kappa shape index (κ1) is 12.2. The van der Waals surface area contributed by atoms with Crippen LogP contribution in [0.2, 0.25) is 0 Å². The van der Waals surface area contributed by atoms with Gasteiger partial charge in [0.1, 0.15) is 5.75 Å². The molecule has 0 fully saturated rings. The lowest BCUT2D eigenvalue weighted by molar-refractivity contribution is 0.411. The third-order valence-electron chi connectivity index (χ3n) is 2.03. The molecule has 0 radical (unpaired) electrons. The number of halogens is 4. The minimum absolute atomic E-state index is 0.189. The summed E-state index contributed by atoms with van der Waals surface area (Å²) in [7, 11) is 0. The molecule has 94 valence electrons. The topological polar surface area (TPSA) is 48.1 Å². The number of pyridine rings is 1. The van der Waals surface area contributed by atoms with Crippen molar-refractivity contribution in [2.75, 3.05) is 5.73 Å². The minimum Gasteiger partial charge on any atom is -0.436 e. The maximum atomic E-state index is 13.2. The van der Waals surface area contributed by atoms with E-state index in [0.29, 0.717) is 12.1 Å². The molecule has 1 heterocycles. The second kappa shape index (κ2) is 4.52. The first-order valence-electron chi connectivity index (χ1n) is 4.72. The zero-order valence-corrected chi connectivity index (χ0v) is 8.75. The molecule has 0 aliphatic rings. The number of aromatic nitrogens is 1. The lowest BCUT2D eigenvalue weighted by Crippen LogP contribution is -2.00. The molecule has 7 heteroatoms. The molecular formula is C11H6F4N2O. The molecule has 2 N–H and O–H groups in total. The Morgan fingerprint density at radius 2 is 1.61 bits per heavy atom. The standard InChI is InChI=1S/C11H6F4N2O/c12-6-2-1-5(3-7(6)13)18-11-9(15)4-8(14)10(16)17-11/h1-4H,(H2,16,17). The van der Waals surface area contributed by atoms with E-state index in [1.807, 2.05) is 0 Å². The Morgan fingerprint density at radius 3 is 2.28 bits per heavy atom. The van der Waals surface area contributed by atoms with Gasteiger partial charge in [-0.3, -0.25) is 0 Å². The maximum absolute atomic E-state index is 13.2. The number of rotatable bonds is 2. The molecule has 0 spiro atoms. The summed E-state index contributed by atoms with van der Waals surface area (Å²) in [6, 6.07) is 3.06. The Balaban J connectivity index is 2.34. The van der Waals surface area contributed by atoms with Crippen molar-refractivity contribution in [3.63, 3.8) is 0 Å². The van der Waals surface area contributed by atoms with Crippen LogP contribution in [0.4, 0.5) is 23.4 Å². The Bertz CT molecular complexity index is 604. The van der Waals surface area contributed by atoms with Crippen molar-refractivity contribution in [1.29, 1.82) is 0 Å². The third-order valence-corrected chi connectivity index (χ3v) is 2.03. The number of anilines is 1. The Hall–Kier alpha value is -2.31. The van der Waals surface area contributed by atoms with Gasteiger partial charge in [0.2, 0.25) is 0 Å². The van der Waals surface area contributed by atoms with Crippen molar-refractivity contribution in [2.45, 2.75) is 0 Å². The van der Waals surface area contributed by atoms with Crippen molar-refractivity contribution in [3.05, 3.63) is 47.5 Å². The molecule has 1 aromatic heterocycles. The van der Waals surface area contributed by atoms with Gasteiger partial charge < -0.3 is 10.5 Å². The highest BCUT2D eigenvalue weighted by molar-refractivity contribution is 5.36. The van der Waals surface area contributed by atoms with Crippen LogP contribution in [0.3, 0.4) is 0 Å². The summed E-state index contributed by atoms with van der Waals surface area (Å²) in [5, 5.41) is 0. The fraction of sp³-hybridized carbons (Fsp3) is 0. The van der Waals surface area contributed by atoms with Crippen LogP contribution in [0.15, 0.2) is 24.3 Å². The van der Waals surface area contributed by atoms with Gasteiger partial charge in [-0.2, -0.15) is 4.98 Å². The SMILES string of the molecule is Nc1nc(Oc2ccc(F)c(F)c2)c(F)cc1F. The molecule has 1 aromatic carbocycles. The van der Waals surface area contributed by atoms with Crippen LogP contribution in [0.1, 0.15) is 0 Å². The number of nitrogens with zero attached hydrogens (tertiary/aromatic N) is 1. The minimum atomic E-state index is -1.16. The summed E-state index contributed by atoms with van der Waals surface area (Å²) >= 11 is 0. The van der Waals surface area contributed by atoms with Crippen LogP contribution >= 0.6 is 0 Å². The predicted molar refractivity (Wildman–Crippen MR) is 55.0 cm³/mol. The van der Waals surface area contributed by atoms with Crippen LogP contribution in [0.5, 0.6) is 11.6 Å². The average molecular weight is 258 g/mol. The molecule has 0 saturated heterocycles. The normalized spacial score (nSPS) is 10.4. The molecule has 2 rings (SSSR count). The number of hydrogen-bond donors (Lipinski definition) is 1. The second-order valence-electron chi connectivity index (χ2n) is 3.32. The largest absolute Gasteiger partial charge is 0.436 e. The molecule has 0 aliphatic carbocycles. The fourth-order valence-corrected chi connectivity index (χ4v) is 1.19. The number of ether oxygens (including phenoxy) is 1. The van der Waals surface area contributed by atoms with E-state index in [1.165, 1.54) is 0 Å². The number of nitrogen functional groups attached to an aromatic ring is 1. The summed E-state index contributed by atoms with van der Waals surface area (Å²) in [6.07, 6.45) is 0. The highest BCUT2D eigenvalue weighted by Gasteiger charge is 2.13. The Morgan fingerprint density at radius 1 is 0.889 bits per heavy atom. The van der Waals surface area contributed by atoms with Crippen molar-refractivity contribution >= 4 is 5.82 Å². The van der Waals surface area contributed by atoms with Gasteiger partial charge in [0.05, 0.1) is 0 Å². The predicted octanol–water partition coefficient (Wildman–Crippen LogP) is 3.01. The summed E-state index contributed by atoms with van der Waals surface area (Å²) in [5.74, 6) is -5.76. The molecule has 3 nitrogen and oxygen atoms in total. The van der Waals surface area contributed by atoms with Gasteiger partial charge in [0.15, 0.2) is 29.1 Å². The van der Waals surface area contributed by atoms with Crippen LogP contribution < -0.4 is 10.5 Å². The summed E-state index contributed by atoms with van der Waals surface area (Å²) in [5.41, 5.74) is 5.13. The lowest BCUT2D eigenvalue weighted by Gasteiger charge is -2.07.